The molecule has 154 valence electrons. The van der Waals surface area contributed by atoms with Crippen molar-refractivity contribution in [3.63, 3.8) is 0 Å². The minimum atomic E-state index is -0.215. The van der Waals surface area contributed by atoms with Crippen LogP contribution >= 0.6 is 15.9 Å². The fourth-order valence-corrected chi connectivity index (χ4v) is 3.68. The standard InChI is InChI=1S/C23H22BrN3O3/c1-26(12-10-16-8-9-20(29-2)21(14-16)30-3)23(28)22-17(15-25)11-13-27(22)19-7-5-4-6-18(19)24/h4-9,11,13-14H,10,12H2,1-3H3. The Labute approximate surface area is 184 Å². The van der Waals surface area contributed by atoms with Crippen LogP contribution in [0, 0.1) is 11.3 Å². The average molecular weight is 468 g/mol. The molecular weight excluding hydrogens is 446 g/mol. The molecule has 0 aliphatic carbocycles. The fraction of sp³-hybridized carbons (Fsp3) is 0.217. The highest BCUT2D eigenvalue weighted by molar-refractivity contribution is 9.10. The van der Waals surface area contributed by atoms with Crippen molar-refractivity contribution in [2.75, 3.05) is 27.8 Å². The zero-order valence-corrected chi connectivity index (χ0v) is 18.6. The van der Waals surface area contributed by atoms with Gasteiger partial charge in [-0.15, -0.1) is 0 Å². The predicted molar refractivity (Wildman–Crippen MR) is 118 cm³/mol. The highest BCUT2D eigenvalue weighted by Crippen LogP contribution is 2.28. The van der Waals surface area contributed by atoms with Gasteiger partial charge in [-0.1, -0.05) is 18.2 Å². The summed E-state index contributed by atoms with van der Waals surface area (Å²) in [4.78, 5) is 14.9. The Morgan fingerprint density at radius 1 is 1.13 bits per heavy atom. The number of hydrogen-bond acceptors (Lipinski definition) is 4. The smallest absolute Gasteiger partial charge is 0.271 e. The van der Waals surface area contributed by atoms with Crippen LogP contribution in [0.4, 0.5) is 0 Å². The maximum absolute atomic E-state index is 13.2. The van der Waals surface area contributed by atoms with Gasteiger partial charge in [-0.3, -0.25) is 4.79 Å². The maximum Gasteiger partial charge on any atom is 0.271 e. The number of carbonyl (C=O) groups is 1. The van der Waals surface area contributed by atoms with Gasteiger partial charge in [-0.25, -0.2) is 0 Å². The third kappa shape index (κ3) is 4.34. The lowest BCUT2D eigenvalue weighted by Crippen LogP contribution is -2.31. The van der Waals surface area contributed by atoms with E-state index in [4.69, 9.17) is 9.47 Å². The van der Waals surface area contributed by atoms with E-state index in [2.05, 4.69) is 22.0 Å². The molecule has 0 aliphatic rings. The van der Waals surface area contributed by atoms with Gasteiger partial charge in [0.05, 0.1) is 25.5 Å². The zero-order valence-electron chi connectivity index (χ0n) is 17.1. The number of hydrogen-bond donors (Lipinski definition) is 0. The number of nitrogens with zero attached hydrogens (tertiary/aromatic N) is 3. The van der Waals surface area contributed by atoms with Crippen LogP contribution in [-0.2, 0) is 6.42 Å². The zero-order chi connectivity index (χ0) is 21.7. The molecule has 1 aromatic heterocycles. The van der Waals surface area contributed by atoms with Crippen LogP contribution in [0.2, 0.25) is 0 Å². The Balaban J connectivity index is 1.83. The Kier molecular flexibility index (Phi) is 6.80. The number of rotatable bonds is 7. The van der Waals surface area contributed by atoms with E-state index < -0.39 is 0 Å². The number of para-hydroxylation sites is 1. The predicted octanol–water partition coefficient (Wildman–Crippen LogP) is 4.44. The molecule has 0 atom stereocenters. The van der Waals surface area contributed by atoms with E-state index >= 15 is 0 Å². The molecule has 0 unspecified atom stereocenters. The molecule has 3 rings (SSSR count). The summed E-state index contributed by atoms with van der Waals surface area (Å²) >= 11 is 3.52. The first-order valence-corrected chi connectivity index (χ1v) is 10.1. The van der Waals surface area contributed by atoms with Crippen LogP contribution in [0.25, 0.3) is 5.69 Å². The van der Waals surface area contributed by atoms with Crippen LogP contribution in [0.1, 0.15) is 21.6 Å². The van der Waals surface area contributed by atoms with Crippen molar-refractivity contribution in [3.05, 3.63) is 76.0 Å². The van der Waals surface area contributed by atoms with Crippen LogP contribution in [0.15, 0.2) is 59.2 Å². The summed E-state index contributed by atoms with van der Waals surface area (Å²) in [6.45, 7) is 0.486. The third-order valence-electron chi connectivity index (χ3n) is 4.85. The van der Waals surface area contributed by atoms with E-state index in [0.29, 0.717) is 35.7 Å². The topological polar surface area (TPSA) is 67.5 Å². The lowest BCUT2D eigenvalue weighted by Gasteiger charge is -2.20. The number of benzene rings is 2. The average Bonchev–Trinajstić information content (AvgIpc) is 3.20. The minimum Gasteiger partial charge on any atom is -0.493 e. The van der Waals surface area contributed by atoms with Gasteiger partial charge in [0.15, 0.2) is 11.5 Å². The van der Waals surface area contributed by atoms with Crippen LogP contribution in [0.5, 0.6) is 11.5 Å². The number of methoxy groups -OCH3 is 2. The summed E-state index contributed by atoms with van der Waals surface area (Å²) in [7, 11) is 4.93. The van der Waals surface area contributed by atoms with Crippen molar-refractivity contribution in [2.24, 2.45) is 0 Å². The molecule has 30 heavy (non-hydrogen) atoms. The second-order valence-corrected chi connectivity index (χ2v) is 7.53. The van der Waals surface area contributed by atoms with E-state index in [1.807, 2.05) is 42.5 Å². The molecule has 0 aliphatic heterocycles. The van der Waals surface area contributed by atoms with E-state index in [0.717, 1.165) is 15.7 Å². The monoisotopic (exact) mass is 467 g/mol. The molecular formula is C23H22BrN3O3. The SMILES string of the molecule is COc1ccc(CCN(C)C(=O)c2c(C#N)ccn2-c2ccccc2Br)cc1OC. The van der Waals surface area contributed by atoms with Crippen molar-refractivity contribution < 1.29 is 14.3 Å². The molecule has 2 aromatic carbocycles. The largest absolute Gasteiger partial charge is 0.493 e. The fourth-order valence-electron chi connectivity index (χ4n) is 3.20. The number of ether oxygens (including phenoxy) is 2. The highest BCUT2D eigenvalue weighted by atomic mass is 79.9. The van der Waals surface area contributed by atoms with Gasteiger partial charge >= 0.3 is 0 Å². The molecule has 1 heterocycles. The van der Waals surface area contributed by atoms with Gasteiger partial charge in [0, 0.05) is 24.3 Å². The lowest BCUT2D eigenvalue weighted by atomic mass is 10.1. The highest BCUT2D eigenvalue weighted by Gasteiger charge is 2.22. The summed E-state index contributed by atoms with van der Waals surface area (Å²) in [5.41, 5.74) is 2.51. The summed E-state index contributed by atoms with van der Waals surface area (Å²) in [5, 5.41) is 9.52. The molecule has 0 radical (unpaired) electrons. The molecule has 1 amide bonds. The van der Waals surface area contributed by atoms with E-state index in [9.17, 15) is 10.1 Å². The molecule has 7 heteroatoms. The minimum absolute atomic E-state index is 0.215. The van der Waals surface area contributed by atoms with Gasteiger partial charge in [-0.05, 0) is 58.2 Å². The molecule has 0 N–H and O–H groups in total. The molecule has 0 saturated carbocycles. The van der Waals surface area contributed by atoms with Gasteiger partial charge in [0.2, 0.25) is 0 Å². The first-order chi connectivity index (χ1) is 14.5. The number of likely N-dealkylation sites (N-methyl/N-ethyl adjacent to an activating group) is 1. The van der Waals surface area contributed by atoms with Crippen LogP contribution in [0.3, 0.4) is 0 Å². The first kappa shape index (κ1) is 21.5. The number of aromatic nitrogens is 1. The van der Waals surface area contributed by atoms with Crippen molar-refractivity contribution in [1.29, 1.82) is 5.26 Å². The van der Waals surface area contributed by atoms with Gasteiger partial charge in [0.25, 0.3) is 5.91 Å². The van der Waals surface area contributed by atoms with Crippen LogP contribution in [-0.4, -0.2) is 43.2 Å². The molecule has 0 bridgehead atoms. The maximum atomic E-state index is 13.2. The molecule has 6 nitrogen and oxygen atoms in total. The second kappa shape index (κ2) is 9.51. The molecule has 0 fully saturated rings. The molecule has 0 spiro atoms. The first-order valence-electron chi connectivity index (χ1n) is 9.32. The Hall–Kier alpha value is -3.24. The summed E-state index contributed by atoms with van der Waals surface area (Å²) in [5.74, 6) is 1.10. The number of nitriles is 1. The summed E-state index contributed by atoms with van der Waals surface area (Å²) in [6, 6.07) is 17.1. The Morgan fingerprint density at radius 2 is 1.87 bits per heavy atom. The third-order valence-corrected chi connectivity index (χ3v) is 5.52. The number of carbonyl (C=O) groups excluding carboxylic acids is 1. The number of halogens is 1. The number of amides is 1. The van der Waals surface area contributed by atoms with E-state index in [-0.39, 0.29) is 5.91 Å². The van der Waals surface area contributed by atoms with E-state index in [1.165, 1.54) is 0 Å². The van der Waals surface area contributed by atoms with Crippen molar-refractivity contribution in [3.8, 4) is 23.3 Å². The molecule has 0 saturated heterocycles. The quantitative estimate of drug-likeness (QED) is 0.514. The second-order valence-electron chi connectivity index (χ2n) is 6.68. The Bertz CT molecular complexity index is 1100. The Morgan fingerprint density at radius 3 is 2.53 bits per heavy atom. The lowest BCUT2D eigenvalue weighted by molar-refractivity contribution is 0.0788. The van der Waals surface area contributed by atoms with Gasteiger partial charge in [0.1, 0.15) is 11.8 Å². The van der Waals surface area contributed by atoms with Crippen molar-refractivity contribution in [2.45, 2.75) is 6.42 Å². The van der Waals surface area contributed by atoms with Gasteiger partial charge < -0.3 is 18.9 Å². The normalized spacial score (nSPS) is 10.4. The van der Waals surface area contributed by atoms with Gasteiger partial charge in [-0.2, -0.15) is 5.26 Å². The van der Waals surface area contributed by atoms with Crippen molar-refractivity contribution >= 4 is 21.8 Å². The van der Waals surface area contributed by atoms with Crippen LogP contribution < -0.4 is 9.47 Å². The molecule has 3 aromatic rings. The van der Waals surface area contributed by atoms with E-state index in [1.54, 1.807) is 43.0 Å². The van der Waals surface area contributed by atoms with Crippen molar-refractivity contribution in [1.82, 2.24) is 9.47 Å². The summed E-state index contributed by atoms with van der Waals surface area (Å²) < 4.78 is 13.2. The summed E-state index contributed by atoms with van der Waals surface area (Å²) in [6.07, 6.45) is 2.38.